The molecule has 0 radical (unpaired) electrons. The van der Waals surface area contributed by atoms with Crippen LogP contribution in [0.5, 0.6) is 0 Å². The van der Waals surface area contributed by atoms with E-state index in [2.05, 4.69) is 25.3 Å². The van der Waals surface area contributed by atoms with Crippen LogP contribution in [0.2, 0.25) is 0 Å². The van der Waals surface area contributed by atoms with Crippen LogP contribution in [-0.2, 0) is 11.2 Å². The van der Waals surface area contributed by atoms with E-state index in [0.29, 0.717) is 6.10 Å². The Morgan fingerprint density at radius 1 is 1.64 bits per heavy atom. The van der Waals surface area contributed by atoms with Gasteiger partial charge >= 0.3 is 0 Å². The van der Waals surface area contributed by atoms with Gasteiger partial charge in [0.25, 0.3) is 0 Å². The summed E-state index contributed by atoms with van der Waals surface area (Å²) in [4.78, 5) is 1.38. The Morgan fingerprint density at radius 2 is 2.36 bits per heavy atom. The lowest BCUT2D eigenvalue weighted by molar-refractivity contribution is 0.119. The Labute approximate surface area is 72.0 Å². The van der Waals surface area contributed by atoms with Crippen molar-refractivity contribution in [3.8, 4) is 0 Å². The maximum Gasteiger partial charge on any atom is 0.0583 e. The summed E-state index contributed by atoms with van der Waals surface area (Å²) in [5.41, 5.74) is 1.39. The van der Waals surface area contributed by atoms with Gasteiger partial charge < -0.3 is 4.74 Å². The lowest BCUT2D eigenvalue weighted by Gasteiger charge is -2.06. The molecule has 0 aliphatic carbocycles. The van der Waals surface area contributed by atoms with Gasteiger partial charge in [-0.25, -0.2) is 0 Å². The Balaban J connectivity index is 2.50. The van der Waals surface area contributed by atoms with Crippen molar-refractivity contribution in [2.24, 2.45) is 0 Å². The molecule has 0 bridgehead atoms. The number of methoxy groups -OCH3 is 1. The molecule has 0 saturated heterocycles. The van der Waals surface area contributed by atoms with Crippen LogP contribution >= 0.6 is 11.3 Å². The normalized spacial score (nSPS) is 13.4. The first-order valence-corrected chi connectivity index (χ1v) is 4.67. The fourth-order valence-corrected chi connectivity index (χ4v) is 1.74. The molecule has 1 unspecified atom stereocenters. The molecule has 0 saturated carbocycles. The molecular weight excluding hydrogens is 156 g/mol. The molecular formula is C9H14OS. The molecule has 0 aliphatic heterocycles. The molecule has 1 atom stereocenters. The Bertz CT molecular complexity index is 217. The summed E-state index contributed by atoms with van der Waals surface area (Å²) in [6.07, 6.45) is 1.37. The van der Waals surface area contributed by atoms with Crippen molar-refractivity contribution in [3.05, 3.63) is 21.9 Å². The van der Waals surface area contributed by atoms with Crippen LogP contribution < -0.4 is 0 Å². The summed E-state index contributed by atoms with van der Waals surface area (Å²) in [7, 11) is 1.75. The summed E-state index contributed by atoms with van der Waals surface area (Å²) in [5, 5.41) is 2.20. The molecule has 2 heteroatoms. The Kier molecular flexibility index (Phi) is 3.09. The van der Waals surface area contributed by atoms with E-state index in [1.807, 2.05) is 0 Å². The molecule has 0 amide bonds. The largest absolute Gasteiger partial charge is 0.381 e. The fourth-order valence-electron chi connectivity index (χ4n) is 1.02. The fraction of sp³-hybridized carbons (Fsp3) is 0.556. The molecule has 11 heavy (non-hydrogen) atoms. The van der Waals surface area contributed by atoms with Crippen LogP contribution in [0.1, 0.15) is 17.4 Å². The molecule has 0 spiro atoms. The SMILES string of the molecule is COC(C)Cc1csc(C)c1. The molecule has 0 aliphatic rings. The molecule has 1 rings (SSSR count). The number of hydrogen-bond donors (Lipinski definition) is 0. The molecule has 0 fully saturated rings. The van der Waals surface area contributed by atoms with Crippen LogP contribution in [0, 0.1) is 6.92 Å². The summed E-state index contributed by atoms with van der Waals surface area (Å²) in [6.45, 7) is 4.22. The van der Waals surface area contributed by atoms with Gasteiger partial charge in [-0.05, 0) is 37.3 Å². The lowest BCUT2D eigenvalue weighted by atomic mass is 10.1. The van der Waals surface area contributed by atoms with Gasteiger partial charge in [0.05, 0.1) is 6.10 Å². The van der Waals surface area contributed by atoms with Crippen LogP contribution in [0.3, 0.4) is 0 Å². The van der Waals surface area contributed by atoms with Gasteiger partial charge in [0.15, 0.2) is 0 Å². The second kappa shape index (κ2) is 3.88. The minimum absolute atomic E-state index is 0.337. The molecule has 1 aromatic rings. The van der Waals surface area contributed by atoms with Crippen molar-refractivity contribution in [3.63, 3.8) is 0 Å². The standard InChI is InChI=1S/C9H14OS/c1-7(10-3)4-9-5-8(2)11-6-9/h5-7H,4H2,1-3H3. The van der Waals surface area contributed by atoms with Crippen LogP contribution in [0.25, 0.3) is 0 Å². The van der Waals surface area contributed by atoms with Crippen LogP contribution in [0.15, 0.2) is 11.4 Å². The minimum Gasteiger partial charge on any atom is -0.381 e. The summed E-state index contributed by atoms with van der Waals surface area (Å²) in [6, 6.07) is 2.22. The smallest absolute Gasteiger partial charge is 0.0583 e. The highest BCUT2D eigenvalue weighted by molar-refractivity contribution is 7.10. The van der Waals surface area contributed by atoms with Crippen molar-refractivity contribution in [2.45, 2.75) is 26.4 Å². The predicted molar refractivity (Wildman–Crippen MR) is 49.2 cm³/mol. The number of thiophene rings is 1. The molecule has 1 heterocycles. The van der Waals surface area contributed by atoms with E-state index in [-0.39, 0.29) is 0 Å². The highest BCUT2D eigenvalue weighted by Crippen LogP contribution is 2.15. The zero-order chi connectivity index (χ0) is 8.27. The van der Waals surface area contributed by atoms with Crippen molar-refractivity contribution in [1.29, 1.82) is 0 Å². The molecule has 0 aromatic carbocycles. The van der Waals surface area contributed by atoms with Crippen LogP contribution in [0.4, 0.5) is 0 Å². The summed E-state index contributed by atoms with van der Waals surface area (Å²) >= 11 is 1.80. The maximum atomic E-state index is 5.17. The van der Waals surface area contributed by atoms with E-state index in [4.69, 9.17) is 4.74 Å². The van der Waals surface area contributed by atoms with E-state index in [1.54, 1.807) is 18.4 Å². The second-order valence-corrected chi connectivity index (χ2v) is 3.93. The third-order valence-electron chi connectivity index (χ3n) is 1.71. The number of aryl methyl sites for hydroxylation is 1. The quantitative estimate of drug-likeness (QED) is 0.677. The third-order valence-corrected chi connectivity index (χ3v) is 2.62. The van der Waals surface area contributed by atoms with Gasteiger partial charge in [-0.1, -0.05) is 0 Å². The monoisotopic (exact) mass is 170 g/mol. The van der Waals surface area contributed by atoms with E-state index in [0.717, 1.165) is 6.42 Å². The van der Waals surface area contributed by atoms with E-state index < -0.39 is 0 Å². The van der Waals surface area contributed by atoms with Crippen molar-refractivity contribution < 1.29 is 4.74 Å². The molecule has 1 aromatic heterocycles. The lowest BCUT2D eigenvalue weighted by Crippen LogP contribution is -2.07. The summed E-state index contributed by atoms with van der Waals surface area (Å²) in [5.74, 6) is 0. The van der Waals surface area contributed by atoms with Gasteiger partial charge in [-0.2, -0.15) is 0 Å². The first kappa shape index (κ1) is 8.75. The van der Waals surface area contributed by atoms with Crippen molar-refractivity contribution in [2.75, 3.05) is 7.11 Å². The number of rotatable bonds is 3. The van der Waals surface area contributed by atoms with E-state index >= 15 is 0 Å². The Hall–Kier alpha value is -0.340. The zero-order valence-corrected chi connectivity index (χ0v) is 8.07. The van der Waals surface area contributed by atoms with Crippen molar-refractivity contribution in [1.82, 2.24) is 0 Å². The highest BCUT2D eigenvalue weighted by atomic mass is 32.1. The second-order valence-electron chi connectivity index (χ2n) is 2.82. The Morgan fingerprint density at radius 3 is 2.82 bits per heavy atom. The average Bonchev–Trinajstić information content (AvgIpc) is 2.35. The maximum absolute atomic E-state index is 5.17. The van der Waals surface area contributed by atoms with E-state index in [9.17, 15) is 0 Å². The predicted octanol–water partition coefficient (Wildman–Crippen LogP) is 2.63. The zero-order valence-electron chi connectivity index (χ0n) is 7.26. The number of ether oxygens (including phenoxy) is 1. The third kappa shape index (κ3) is 2.64. The first-order chi connectivity index (χ1) is 5.22. The first-order valence-electron chi connectivity index (χ1n) is 3.79. The average molecular weight is 170 g/mol. The number of hydrogen-bond acceptors (Lipinski definition) is 2. The van der Waals surface area contributed by atoms with Gasteiger partial charge in [0.1, 0.15) is 0 Å². The summed E-state index contributed by atoms with van der Waals surface area (Å²) < 4.78 is 5.17. The van der Waals surface area contributed by atoms with E-state index in [1.165, 1.54) is 10.4 Å². The van der Waals surface area contributed by atoms with Gasteiger partial charge in [0.2, 0.25) is 0 Å². The minimum atomic E-state index is 0.337. The topological polar surface area (TPSA) is 9.23 Å². The molecule has 1 nitrogen and oxygen atoms in total. The van der Waals surface area contributed by atoms with Gasteiger partial charge in [0, 0.05) is 12.0 Å². The van der Waals surface area contributed by atoms with Gasteiger partial charge in [-0.3, -0.25) is 0 Å². The highest BCUT2D eigenvalue weighted by Gasteiger charge is 2.02. The molecule has 62 valence electrons. The van der Waals surface area contributed by atoms with Crippen molar-refractivity contribution >= 4 is 11.3 Å². The van der Waals surface area contributed by atoms with Gasteiger partial charge in [-0.15, -0.1) is 11.3 Å². The molecule has 0 N–H and O–H groups in total. The van der Waals surface area contributed by atoms with Crippen LogP contribution in [-0.4, -0.2) is 13.2 Å².